The van der Waals surface area contributed by atoms with Gasteiger partial charge in [0, 0.05) is 12.8 Å². The number of carbonyl (C=O) groups is 2. The number of ether oxygens (including phenoxy) is 1. The Morgan fingerprint density at radius 3 is 1.09 bits per heavy atom. The highest BCUT2D eigenvalue weighted by Gasteiger charge is 2.18. The first-order valence-electron chi connectivity index (χ1n) is 31.3. The lowest BCUT2D eigenvalue weighted by atomic mass is 10.0. The van der Waals surface area contributed by atoms with Crippen molar-refractivity contribution in [3.63, 3.8) is 0 Å². The molecule has 6 heteroatoms. The SMILES string of the molecule is CCCCCCCCCCCCC/C=C/C(O)C(CO)NC(=O)CCCCCCCCCCCCC/C=C\C/C=C\CCCCCCCCCCCOC(=O)CCCCCCCCCCCCCCC. The van der Waals surface area contributed by atoms with Crippen molar-refractivity contribution in [3.05, 3.63) is 36.5 Å². The average Bonchev–Trinajstić information content (AvgIpc) is 3.36. The van der Waals surface area contributed by atoms with E-state index in [1.807, 2.05) is 6.08 Å². The molecule has 412 valence electrons. The molecule has 1 amide bonds. The van der Waals surface area contributed by atoms with Crippen molar-refractivity contribution >= 4 is 11.9 Å². The predicted octanol–water partition coefficient (Wildman–Crippen LogP) is 19.6. The summed E-state index contributed by atoms with van der Waals surface area (Å²) in [7, 11) is 0. The average molecular weight is 985 g/mol. The maximum absolute atomic E-state index is 12.4. The molecule has 0 saturated carbocycles. The van der Waals surface area contributed by atoms with E-state index in [1.165, 1.54) is 263 Å². The second kappa shape index (κ2) is 59.6. The van der Waals surface area contributed by atoms with Gasteiger partial charge in [0.1, 0.15) is 0 Å². The molecule has 0 aliphatic rings. The van der Waals surface area contributed by atoms with E-state index < -0.39 is 12.1 Å². The van der Waals surface area contributed by atoms with Gasteiger partial charge in [-0.15, -0.1) is 0 Å². The van der Waals surface area contributed by atoms with Crippen LogP contribution in [0.5, 0.6) is 0 Å². The molecule has 0 aromatic heterocycles. The fourth-order valence-electron chi connectivity index (χ4n) is 9.61. The molecule has 0 aliphatic carbocycles. The number of rotatable bonds is 58. The molecule has 0 aliphatic heterocycles. The fourth-order valence-corrected chi connectivity index (χ4v) is 9.61. The van der Waals surface area contributed by atoms with Crippen LogP contribution in [-0.4, -0.2) is 47.4 Å². The van der Waals surface area contributed by atoms with Crippen LogP contribution < -0.4 is 5.32 Å². The maximum atomic E-state index is 12.4. The van der Waals surface area contributed by atoms with E-state index in [0.717, 1.165) is 44.9 Å². The number of aliphatic hydroxyl groups excluding tert-OH is 2. The lowest BCUT2D eigenvalue weighted by Gasteiger charge is -2.20. The van der Waals surface area contributed by atoms with E-state index in [2.05, 4.69) is 43.5 Å². The molecular formula is C64H121NO5. The molecular weight excluding hydrogens is 863 g/mol. The number of carbonyl (C=O) groups excluding carboxylic acids is 2. The van der Waals surface area contributed by atoms with Crippen LogP contribution >= 0.6 is 0 Å². The quantitative estimate of drug-likeness (QED) is 0.0321. The summed E-state index contributed by atoms with van der Waals surface area (Å²) in [5.74, 6) is -0.0591. The molecule has 0 fully saturated rings. The Balaban J connectivity index is 3.43. The van der Waals surface area contributed by atoms with Gasteiger partial charge in [-0.3, -0.25) is 9.59 Å². The Labute approximate surface area is 436 Å². The number of hydrogen-bond acceptors (Lipinski definition) is 5. The Bertz CT molecular complexity index is 1130. The summed E-state index contributed by atoms with van der Waals surface area (Å²) in [5, 5.41) is 23.1. The van der Waals surface area contributed by atoms with Crippen molar-refractivity contribution in [2.45, 2.75) is 347 Å². The third kappa shape index (κ3) is 55.4. The highest BCUT2D eigenvalue weighted by molar-refractivity contribution is 5.76. The van der Waals surface area contributed by atoms with Gasteiger partial charge in [0.15, 0.2) is 0 Å². The number of unbranched alkanes of at least 4 members (excludes halogenated alkanes) is 43. The van der Waals surface area contributed by atoms with Crippen LogP contribution in [-0.2, 0) is 14.3 Å². The normalized spacial score (nSPS) is 12.8. The van der Waals surface area contributed by atoms with E-state index in [1.54, 1.807) is 6.08 Å². The largest absolute Gasteiger partial charge is 0.466 e. The number of hydrogen-bond donors (Lipinski definition) is 3. The van der Waals surface area contributed by atoms with Gasteiger partial charge in [-0.05, 0) is 64.2 Å². The molecule has 3 N–H and O–H groups in total. The summed E-state index contributed by atoms with van der Waals surface area (Å²) in [6.07, 6.45) is 74.8. The highest BCUT2D eigenvalue weighted by Crippen LogP contribution is 2.17. The molecule has 70 heavy (non-hydrogen) atoms. The van der Waals surface area contributed by atoms with Crippen LogP contribution in [0.1, 0.15) is 335 Å². The smallest absolute Gasteiger partial charge is 0.305 e. The minimum absolute atomic E-state index is 0.0117. The summed E-state index contributed by atoms with van der Waals surface area (Å²) >= 11 is 0. The van der Waals surface area contributed by atoms with Gasteiger partial charge in [0.05, 0.1) is 25.4 Å². The second-order valence-corrected chi connectivity index (χ2v) is 21.4. The molecule has 0 aromatic rings. The molecule has 0 radical (unpaired) electrons. The molecule has 2 atom stereocenters. The van der Waals surface area contributed by atoms with Crippen molar-refractivity contribution < 1.29 is 24.5 Å². The first kappa shape index (κ1) is 68.1. The summed E-state index contributed by atoms with van der Waals surface area (Å²) < 4.78 is 5.48. The van der Waals surface area contributed by atoms with Crippen molar-refractivity contribution in [1.29, 1.82) is 0 Å². The van der Waals surface area contributed by atoms with Crippen molar-refractivity contribution in [3.8, 4) is 0 Å². The maximum Gasteiger partial charge on any atom is 0.305 e. The number of nitrogens with one attached hydrogen (secondary N) is 1. The molecule has 2 unspecified atom stereocenters. The fraction of sp³-hybridized carbons (Fsp3) is 0.875. The minimum atomic E-state index is -0.846. The summed E-state index contributed by atoms with van der Waals surface area (Å²) in [4.78, 5) is 24.5. The Morgan fingerprint density at radius 2 is 0.714 bits per heavy atom. The summed E-state index contributed by atoms with van der Waals surface area (Å²) in [6, 6.07) is -0.629. The third-order valence-corrected chi connectivity index (χ3v) is 14.4. The number of aliphatic hydroxyl groups is 2. The second-order valence-electron chi connectivity index (χ2n) is 21.4. The van der Waals surface area contributed by atoms with E-state index in [-0.39, 0.29) is 18.5 Å². The zero-order chi connectivity index (χ0) is 50.7. The lowest BCUT2D eigenvalue weighted by molar-refractivity contribution is -0.143. The molecule has 6 nitrogen and oxygen atoms in total. The van der Waals surface area contributed by atoms with E-state index in [9.17, 15) is 19.8 Å². The van der Waals surface area contributed by atoms with Crippen LogP contribution in [0.25, 0.3) is 0 Å². The molecule has 0 spiro atoms. The zero-order valence-corrected chi connectivity index (χ0v) is 47.0. The Hall–Kier alpha value is -1.92. The van der Waals surface area contributed by atoms with Crippen LogP contribution in [0, 0.1) is 0 Å². The van der Waals surface area contributed by atoms with Crippen LogP contribution in [0.3, 0.4) is 0 Å². The standard InChI is InChI=1S/C64H121NO5/c1-3-5-7-9-11-13-15-32-36-40-44-48-52-56-62(67)61(60-66)65-63(68)57-53-49-45-41-37-34-30-28-26-24-22-20-18-17-19-21-23-25-27-29-31-35-39-43-47-51-55-59-70-64(69)58-54-50-46-42-38-33-16-14-12-10-8-6-4-2/h17-18,21,23,52,56,61-62,66-67H,3-16,19-20,22,24-51,53-55,57-60H2,1-2H3,(H,65,68)/b18-17-,23-21-,56-52+. The van der Waals surface area contributed by atoms with Gasteiger partial charge in [0.2, 0.25) is 5.91 Å². The molecule has 0 saturated heterocycles. The zero-order valence-electron chi connectivity index (χ0n) is 47.0. The lowest BCUT2D eigenvalue weighted by Crippen LogP contribution is -2.45. The summed E-state index contributed by atoms with van der Waals surface area (Å²) in [5.41, 5.74) is 0. The topological polar surface area (TPSA) is 95.9 Å². The monoisotopic (exact) mass is 984 g/mol. The van der Waals surface area contributed by atoms with Crippen molar-refractivity contribution in [2.24, 2.45) is 0 Å². The first-order valence-corrected chi connectivity index (χ1v) is 31.3. The van der Waals surface area contributed by atoms with Crippen LogP contribution in [0.4, 0.5) is 0 Å². The van der Waals surface area contributed by atoms with Gasteiger partial charge in [0.25, 0.3) is 0 Å². The van der Waals surface area contributed by atoms with E-state index >= 15 is 0 Å². The molecule has 0 heterocycles. The van der Waals surface area contributed by atoms with E-state index in [4.69, 9.17) is 4.74 Å². The van der Waals surface area contributed by atoms with Gasteiger partial charge in [-0.25, -0.2) is 0 Å². The minimum Gasteiger partial charge on any atom is -0.466 e. The van der Waals surface area contributed by atoms with E-state index in [0.29, 0.717) is 19.4 Å². The molecule has 0 aromatic carbocycles. The van der Waals surface area contributed by atoms with Crippen LogP contribution in [0.15, 0.2) is 36.5 Å². The van der Waals surface area contributed by atoms with Gasteiger partial charge < -0.3 is 20.3 Å². The van der Waals surface area contributed by atoms with Gasteiger partial charge >= 0.3 is 5.97 Å². The number of amides is 1. The number of allylic oxidation sites excluding steroid dienone is 5. The third-order valence-electron chi connectivity index (χ3n) is 14.4. The summed E-state index contributed by atoms with van der Waals surface area (Å²) in [6.45, 7) is 4.91. The molecule has 0 rings (SSSR count). The Morgan fingerprint density at radius 1 is 0.400 bits per heavy atom. The highest BCUT2D eigenvalue weighted by atomic mass is 16.5. The predicted molar refractivity (Wildman–Crippen MR) is 306 cm³/mol. The van der Waals surface area contributed by atoms with Gasteiger partial charge in [-0.2, -0.15) is 0 Å². The van der Waals surface area contributed by atoms with Crippen molar-refractivity contribution in [2.75, 3.05) is 13.2 Å². The number of esters is 1. The first-order chi connectivity index (χ1) is 34.5. The molecule has 0 bridgehead atoms. The van der Waals surface area contributed by atoms with Gasteiger partial charge in [-0.1, -0.05) is 294 Å². The Kier molecular flexibility index (Phi) is 58.0. The van der Waals surface area contributed by atoms with Crippen molar-refractivity contribution in [1.82, 2.24) is 5.32 Å². The van der Waals surface area contributed by atoms with Crippen LogP contribution in [0.2, 0.25) is 0 Å².